The zero-order chi connectivity index (χ0) is 10.1. The fourth-order valence-corrected chi connectivity index (χ4v) is 1.75. The molecule has 1 aliphatic rings. The standard InChI is InChI=1S/C11H14N2O/c1-8-3-2-4-9(7-8)13-6-5-10(12)11(13)14/h2-4,7,10H,5-6,12H2,1H3. The molecule has 1 fully saturated rings. The van der Waals surface area contributed by atoms with Gasteiger partial charge in [0.1, 0.15) is 0 Å². The fourth-order valence-electron chi connectivity index (χ4n) is 1.75. The van der Waals surface area contributed by atoms with Crippen molar-refractivity contribution >= 4 is 11.6 Å². The van der Waals surface area contributed by atoms with Gasteiger partial charge in [0.2, 0.25) is 5.91 Å². The molecule has 2 N–H and O–H groups in total. The number of hydrogen-bond acceptors (Lipinski definition) is 2. The van der Waals surface area contributed by atoms with Gasteiger partial charge in [0.05, 0.1) is 6.04 Å². The molecule has 0 aliphatic carbocycles. The van der Waals surface area contributed by atoms with E-state index in [2.05, 4.69) is 0 Å². The van der Waals surface area contributed by atoms with E-state index in [1.165, 1.54) is 0 Å². The summed E-state index contributed by atoms with van der Waals surface area (Å²) in [4.78, 5) is 13.4. The molecule has 74 valence electrons. The third-order valence-corrected chi connectivity index (χ3v) is 2.56. The van der Waals surface area contributed by atoms with E-state index in [-0.39, 0.29) is 11.9 Å². The summed E-state index contributed by atoms with van der Waals surface area (Å²) in [6.07, 6.45) is 0.757. The van der Waals surface area contributed by atoms with Crippen molar-refractivity contribution in [2.24, 2.45) is 5.73 Å². The predicted octanol–water partition coefficient (Wildman–Crippen LogP) is 1.06. The molecule has 1 aromatic rings. The number of amides is 1. The van der Waals surface area contributed by atoms with Crippen LogP contribution in [0.5, 0.6) is 0 Å². The molecule has 1 amide bonds. The summed E-state index contributed by atoms with van der Waals surface area (Å²) in [5.74, 6) is 0.0376. The molecule has 1 aliphatic heterocycles. The van der Waals surface area contributed by atoms with Gasteiger partial charge in [0.15, 0.2) is 0 Å². The molecule has 3 nitrogen and oxygen atoms in total. The van der Waals surface area contributed by atoms with E-state index in [0.29, 0.717) is 0 Å². The van der Waals surface area contributed by atoms with Crippen molar-refractivity contribution < 1.29 is 4.79 Å². The summed E-state index contributed by atoms with van der Waals surface area (Å²) in [5, 5.41) is 0. The Balaban J connectivity index is 2.28. The molecular weight excluding hydrogens is 176 g/mol. The van der Waals surface area contributed by atoms with Gasteiger partial charge in [-0.2, -0.15) is 0 Å². The molecular formula is C11H14N2O. The lowest BCUT2D eigenvalue weighted by Crippen LogP contribution is -2.33. The first kappa shape index (κ1) is 9.21. The Morgan fingerprint density at radius 1 is 1.50 bits per heavy atom. The maximum Gasteiger partial charge on any atom is 0.243 e. The van der Waals surface area contributed by atoms with Crippen LogP contribution in [-0.4, -0.2) is 18.5 Å². The van der Waals surface area contributed by atoms with Crippen molar-refractivity contribution in [3.8, 4) is 0 Å². The minimum absolute atomic E-state index is 0.0376. The molecule has 1 unspecified atom stereocenters. The van der Waals surface area contributed by atoms with Crippen molar-refractivity contribution in [3.05, 3.63) is 29.8 Å². The lowest BCUT2D eigenvalue weighted by Gasteiger charge is -2.16. The normalized spacial score (nSPS) is 21.7. The highest BCUT2D eigenvalue weighted by Gasteiger charge is 2.29. The maximum absolute atomic E-state index is 11.6. The number of anilines is 1. The number of rotatable bonds is 1. The zero-order valence-corrected chi connectivity index (χ0v) is 8.23. The molecule has 1 atom stereocenters. The number of hydrogen-bond donors (Lipinski definition) is 1. The van der Waals surface area contributed by atoms with E-state index in [4.69, 9.17) is 5.73 Å². The molecule has 0 saturated carbocycles. The molecule has 1 aromatic carbocycles. The van der Waals surface area contributed by atoms with Crippen LogP contribution in [0.4, 0.5) is 5.69 Å². The molecule has 3 heteroatoms. The van der Waals surface area contributed by atoms with Crippen LogP contribution in [0.25, 0.3) is 0 Å². The van der Waals surface area contributed by atoms with Gasteiger partial charge in [-0.1, -0.05) is 12.1 Å². The lowest BCUT2D eigenvalue weighted by atomic mass is 10.2. The summed E-state index contributed by atoms with van der Waals surface area (Å²) < 4.78 is 0. The second kappa shape index (κ2) is 3.42. The van der Waals surface area contributed by atoms with Gasteiger partial charge in [-0.15, -0.1) is 0 Å². The Bertz CT molecular complexity index is 362. The zero-order valence-electron chi connectivity index (χ0n) is 8.23. The lowest BCUT2D eigenvalue weighted by molar-refractivity contribution is -0.118. The molecule has 0 aromatic heterocycles. The Morgan fingerprint density at radius 2 is 2.29 bits per heavy atom. The van der Waals surface area contributed by atoms with Gasteiger partial charge in [-0.05, 0) is 31.0 Å². The molecule has 0 spiro atoms. The summed E-state index contributed by atoms with van der Waals surface area (Å²) in [6.45, 7) is 2.76. The Labute approximate surface area is 83.5 Å². The minimum Gasteiger partial charge on any atom is -0.320 e. The summed E-state index contributed by atoms with van der Waals surface area (Å²) in [7, 11) is 0. The van der Waals surface area contributed by atoms with Gasteiger partial charge < -0.3 is 10.6 Å². The van der Waals surface area contributed by atoms with Gasteiger partial charge in [0, 0.05) is 12.2 Å². The Hall–Kier alpha value is -1.35. The van der Waals surface area contributed by atoms with Crippen LogP contribution in [0.2, 0.25) is 0 Å². The number of benzene rings is 1. The Kier molecular flexibility index (Phi) is 2.25. The molecule has 0 bridgehead atoms. The van der Waals surface area contributed by atoms with E-state index in [1.54, 1.807) is 4.90 Å². The fraction of sp³-hybridized carbons (Fsp3) is 0.364. The van der Waals surface area contributed by atoms with E-state index in [0.717, 1.165) is 24.2 Å². The number of nitrogens with zero attached hydrogens (tertiary/aromatic N) is 1. The second-order valence-corrected chi connectivity index (χ2v) is 3.72. The smallest absolute Gasteiger partial charge is 0.243 e. The molecule has 1 saturated heterocycles. The first-order valence-corrected chi connectivity index (χ1v) is 4.82. The predicted molar refractivity (Wildman–Crippen MR) is 56.1 cm³/mol. The quantitative estimate of drug-likeness (QED) is 0.719. The van der Waals surface area contributed by atoms with Crippen LogP contribution in [0, 0.1) is 6.92 Å². The van der Waals surface area contributed by atoms with Crippen molar-refractivity contribution in [2.75, 3.05) is 11.4 Å². The third kappa shape index (κ3) is 1.51. The first-order valence-electron chi connectivity index (χ1n) is 4.82. The first-order chi connectivity index (χ1) is 6.68. The van der Waals surface area contributed by atoms with Crippen molar-refractivity contribution in [1.82, 2.24) is 0 Å². The van der Waals surface area contributed by atoms with Crippen molar-refractivity contribution in [1.29, 1.82) is 0 Å². The van der Waals surface area contributed by atoms with Crippen LogP contribution in [0.3, 0.4) is 0 Å². The minimum atomic E-state index is -0.310. The van der Waals surface area contributed by atoms with E-state index < -0.39 is 0 Å². The van der Waals surface area contributed by atoms with E-state index in [9.17, 15) is 4.79 Å². The van der Waals surface area contributed by atoms with E-state index in [1.807, 2.05) is 31.2 Å². The van der Waals surface area contributed by atoms with Crippen molar-refractivity contribution in [2.45, 2.75) is 19.4 Å². The molecule has 2 rings (SSSR count). The molecule has 0 radical (unpaired) electrons. The second-order valence-electron chi connectivity index (χ2n) is 3.72. The van der Waals surface area contributed by atoms with Gasteiger partial charge in [-0.3, -0.25) is 4.79 Å². The maximum atomic E-state index is 11.6. The highest BCUT2D eigenvalue weighted by Crippen LogP contribution is 2.21. The average Bonchev–Trinajstić information content (AvgIpc) is 2.48. The summed E-state index contributed by atoms with van der Waals surface area (Å²) in [5.41, 5.74) is 7.78. The van der Waals surface area contributed by atoms with Crippen LogP contribution in [-0.2, 0) is 4.79 Å². The largest absolute Gasteiger partial charge is 0.320 e. The topological polar surface area (TPSA) is 46.3 Å². The number of carbonyl (C=O) groups is 1. The SMILES string of the molecule is Cc1cccc(N2CCC(N)C2=O)c1. The monoisotopic (exact) mass is 190 g/mol. The molecule has 1 heterocycles. The third-order valence-electron chi connectivity index (χ3n) is 2.56. The average molecular weight is 190 g/mol. The number of nitrogens with two attached hydrogens (primary N) is 1. The van der Waals surface area contributed by atoms with Gasteiger partial charge in [-0.25, -0.2) is 0 Å². The van der Waals surface area contributed by atoms with Crippen molar-refractivity contribution in [3.63, 3.8) is 0 Å². The van der Waals surface area contributed by atoms with Crippen LogP contribution in [0.15, 0.2) is 24.3 Å². The highest BCUT2D eigenvalue weighted by molar-refractivity contribution is 5.99. The van der Waals surface area contributed by atoms with Gasteiger partial charge >= 0.3 is 0 Å². The highest BCUT2D eigenvalue weighted by atomic mass is 16.2. The number of aryl methyl sites for hydroxylation is 1. The van der Waals surface area contributed by atoms with E-state index >= 15 is 0 Å². The van der Waals surface area contributed by atoms with Gasteiger partial charge in [0.25, 0.3) is 0 Å². The molecule has 14 heavy (non-hydrogen) atoms. The van der Waals surface area contributed by atoms with Crippen LogP contribution in [0.1, 0.15) is 12.0 Å². The summed E-state index contributed by atoms with van der Waals surface area (Å²) in [6, 6.07) is 7.63. The van der Waals surface area contributed by atoms with Crippen LogP contribution < -0.4 is 10.6 Å². The Morgan fingerprint density at radius 3 is 2.86 bits per heavy atom. The number of carbonyl (C=O) groups excluding carboxylic acids is 1. The van der Waals surface area contributed by atoms with Crippen LogP contribution >= 0.6 is 0 Å². The summed E-state index contributed by atoms with van der Waals surface area (Å²) >= 11 is 0.